The molecule has 0 saturated carbocycles. The average molecular weight is 534 g/mol. The summed E-state index contributed by atoms with van der Waals surface area (Å²) in [6.07, 6.45) is 0. The first-order valence-corrected chi connectivity index (χ1v) is 13.5. The monoisotopic (exact) mass is 534 g/mol. The van der Waals surface area contributed by atoms with Crippen LogP contribution in [-0.2, 0) is 0 Å². The largest absolute Gasteiger partial charge is 0.545 e. The highest BCUT2D eigenvalue weighted by Gasteiger charge is 2.14. The molecule has 0 N–H and O–H groups in total. The number of carboxylic acids is 2. The molecular weight excluding hydrogens is 510 g/mol. The summed E-state index contributed by atoms with van der Waals surface area (Å²) in [5.74, 6) is -3.04. The summed E-state index contributed by atoms with van der Waals surface area (Å²) in [5.41, 5.74) is -0.727. The zero-order chi connectivity index (χ0) is 27.0. The Bertz CT molecular complexity index is 1210. The minimum atomic E-state index is -1.52. The Kier molecular flexibility index (Phi) is 11.9. The van der Waals surface area contributed by atoms with Crippen LogP contribution < -0.4 is 31.4 Å². The Morgan fingerprint density at radius 2 is 0.579 bits per heavy atom. The number of benzene rings is 5. The van der Waals surface area contributed by atoms with Crippen LogP contribution in [0.3, 0.4) is 0 Å². The molecule has 0 aromatic heterocycles. The van der Waals surface area contributed by atoms with E-state index < -0.39 is 11.9 Å². The van der Waals surface area contributed by atoms with Crippen LogP contribution in [0, 0.1) is 0 Å². The minimum absolute atomic E-state index is 0.363. The first-order chi connectivity index (χ1) is 18.5. The van der Waals surface area contributed by atoms with Crippen molar-refractivity contribution in [3.8, 4) is 0 Å². The van der Waals surface area contributed by atoms with E-state index in [0.29, 0.717) is 0 Å². The van der Waals surface area contributed by atoms with Crippen LogP contribution in [0.1, 0.15) is 20.7 Å². The van der Waals surface area contributed by atoms with Gasteiger partial charge in [-0.3, -0.25) is 0 Å². The van der Waals surface area contributed by atoms with E-state index in [2.05, 4.69) is 97.1 Å². The predicted molar refractivity (Wildman–Crippen MR) is 153 cm³/mol. The van der Waals surface area contributed by atoms with Gasteiger partial charge in [0, 0.05) is 11.1 Å². The summed E-state index contributed by atoms with van der Waals surface area (Å²) in [4.78, 5) is 20.6. The molecule has 5 rings (SSSR count). The normalized spacial score (nSPS) is 9.68. The van der Waals surface area contributed by atoms with Gasteiger partial charge in [0.1, 0.15) is 0 Å². The van der Waals surface area contributed by atoms with Gasteiger partial charge in [-0.15, -0.1) is 0 Å². The molecule has 38 heavy (non-hydrogen) atoms. The van der Waals surface area contributed by atoms with E-state index in [1.165, 1.54) is 50.5 Å². The lowest BCUT2D eigenvalue weighted by molar-refractivity contribution is -0.259. The van der Waals surface area contributed by atoms with Crippen molar-refractivity contribution in [3.05, 3.63) is 157 Å². The lowest BCUT2D eigenvalue weighted by atomic mass is 10.1. The van der Waals surface area contributed by atoms with E-state index in [0.717, 1.165) is 12.1 Å². The van der Waals surface area contributed by atoms with E-state index in [4.69, 9.17) is 0 Å². The number of rotatable bonds is 6. The molecule has 0 aliphatic rings. The number of carbonyl (C=O) groups excluding carboxylic acids is 2. The molecule has 0 unspecified atom stereocenters. The zero-order valence-electron chi connectivity index (χ0n) is 20.4. The van der Waals surface area contributed by atoms with Crippen molar-refractivity contribution in [2.75, 3.05) is 0 Å². The lowest BCUT2D eigenvalue weighted by Gasteiger charge is -2.09. The van der Waals surface area contributed by atoms with Gasteiger partial charge >= 0.3 is 17.2 Å². The molecule has 0 heterocycles. The molecule has 186 valence electrons. The highest BCUT2D eigenvalue weighted by molar-refractivity contribution is 7.55. The van der Waals surface area contributed by atoms with Crippen molar-refractivity contribution >= 4 is 50.3 Å². The van der Waals surface area contributed by atoms with Gasteiger partial charge < -0.3 is 19.8 Å². The Hall–Kier alpha value is -4.10. The number of hydrogen-bond donors (Lipinski definition) is 0. The Morgan fingerprint density at radius 1 is 0.368 bits per heavy atom. The van der Waals surface area contributed by atoms with Gasteiger partial charge in [-0.1, -0.05) is 97.1 Å². The number of carboxylic acid groups (broad SMARTS) is 2. The SMILES string of the molecule is O=C([O-])c1ccccc1C(=O)[O-].c1ccc([P+]c2ccccc2)cc1.c1ccc([P+]c2ccccc2)cc1. The summed E-state index contributed by atoms with van der Waals surface area (Å²) in [6.45, 7) is 0. The molecule has 0 fully saturated rings. The summed E-state index contributed by atoms with van der Waals surface area (Å²) >= 11 is 0. The Labute approximate surface area is 226 Å². The van der Waals surface area contributed by atoms with Crippen LogP contribution in [-0.4, -0.2) is 11.9 Å². The smallest absolute Gasteiger partial charge is 0.410 e. The van der Waals surface area contributed by atoms with Gasteiger partial charge in [-0.25, -0.2) is 0 Å². The molecule has 4 radical (unpaired) electrons. The summed E-state index contributed by atoms with van der Waals surface area (Å²) < 4.78 is 0. The summed E-state index contributed by atoms with van der Waals surface area (Å²) in [7, 11) is 2.56. The van der Waals surface area contributed by atoms with Gasteiger partial charge in [0.25, 0.3) is 0 Å². The van der Waals surface area contributed by atoms with Gasteiger partial charge in [0.05, 0.1) is 11.9 Å². The van der Waals surface area contributed by atoms with Crippen LogP contribution in [0.4, 0.5) is 0 Å². The van der Waals surface area contributed by atoms with Gasteiger partial charge in [-0.05, 0) is 48.5 Å². The average Bonchev–Trinajstić information content (AvgIpc) is 2.96. The molecule has 0 atom stereocenters. The molecule has 5 aromatic carbocycles. The maximum atomic E-state index is 10.3. The first-order valence-electron chi connectivity index (χ1n) is 11.7. The maximum Gasteiger partial charge on any atom is 0.410 e. The summed E-state index contributed by atoms with van der Waals surface area (Å²) in [6, 6.07) is 47.1. The van der Waals surface area contributed by atoms with Crippen LogP contribution in [0.25, 0.3) is 0 Å². The predicted octanol–water partition coefficient (Wildman–Crippen LogP) is 3.58. The van der Waals surface area contributed by atoms with Crippen LogP contribution in [0.5, 0.6) is 0 Å². The van der Waals surface area contributed by atoms with Crippen molar-refractivity contribution < 1.29 is 19.8 Å². The highest BCUT2D eigenvalue weighted by Crippen LogP contribution is 2.10. The lowest BCUT2D eigenvalue weighted by Crippen LogP contribution is -2.29. The van der Waals surface area contributed by atoms with E-state index in [-0.39, 0.29) is 11.1 Å². The van der Waals surface area contributed by atoms with Crippen LogP contribution in [0.15, 0.2) is 146 Å². The van der Waals surface area contributed by atoms with Gasteiger partial charge in [0.15, 0.2) is 21.2 Å². The standard InChI is InChI=1S/2C12H10P.C8H6O4/c2*1-3-7-11(8-4-1)13-12-9-5-2-6-10-12;9-7(10)5-3-1-2-4-6(5)8(11)12/h2*1-10H;1-4H,(H,9,10)(H,11,12)/q2*+1;/p-2. The summed E-state index contributed by atoms with van der Waals surface area (Å²) in [5, 5.41) is 26.0. The molecule has 5 aromatic rings. The molecule has 0 amide bonds. The Balaban J connectivity index is 0.000000158. The molecule has 6 heteroatoms. The minimum Gasteiger partial charge on any atom is -0.545 e. The zero-order valence-corrected chi connectivity index (χ0v) is 22.2. The molecule has 0 spiro atoms. The Morgan fingerprint density at radius 3 is 0.789 bits per heavy atom. The van der Waals surface area contributed by atoms with Gasteiger partial charge in [0.2, 0.25) is 0 Å². The van der Waals surface area contributed by atoms with Crippen molar-refractivity contribution in [3.63, 3.8) is 0 Å². The molecule has 0 aliphatic carbocycles. The second-order valence-corrected chi connectivity index (χ2v) is 10.2. The third-order valence-corrected chi connectivity index (χ3v) is 7.13. The van der Waals surface area contributed by atoms with E-state index in [9.17, 15) is 19.8 Å². The molecule has 0 saturated heterocycles. The van der Waals surface area contributed by atoms with Gasteiger partial charge in [-0.2, -0.15) is 0 Å². The number of hydrogen-bond acceptors (Lipinski definition) is 4. The maximum absolute atomic E-state index is 10.3. The molecular formula is C32H24O4P2. The third-order valence-electron chi connectivity index (χ3n) is 4.91. The van der Waals surface area contributed by atoms with Crippen LogP contribution >= 0.6 is 17.2 Å². The van der Waals surface area contributed by atoms with Crippen molar-refractivity contribution in [2.45, 2.75) is 0 Å². The first kappa shape index (κ1) is 28.5. The highest BCUT2D eigenvalue weighted by atomic mass is 31.1. The van der Waals surface area contributed by atoms with Crippen LogP contribution in [0.2, 0.25) is 0 Å². The third kappa shape index (κ3) is 10.1. The van der Waals surface area contributed by atoms with E-state index in [1.807, 2.05) is 24.3 Å². The fraction of sp³-hybridized carbons (Fsp3) is 0. The second-order valence-electron chi connectivity index (χ2n) is 7.69. The second kappa shape index (κ2) is 15.9. The molecule has 0 bridgehead atoms. The topological polar surface area (TPSA) is 80.3 Å². The molecule has 4 nitrogen and oxygen atoms in total. The number of carbonyl (C=O) groups is 2. The van der Waals surface area contributed by atoms with E-state index >= 15 is 0 Å². The number of aromatic carboxylic acids is 2. The van der Waals surface area contributed by atoms with Crippen molar-refractivity contribution in [1.29, 1.82) is 0 Å². The van der Waals surface area contributed by atoms with Crippen molar-refractivity contribution in [1.82, 2.24) is 0 Å². The van der Waals surface area contributed by atoms with Crippen molar-refractivity contribution in [2.24, 2.45) is 0 Å². The van der Waals surface area contributed by atoms with E-state index in [1.54, 1.807) is 0 Å². The quantitative estimate of drug-likeness (QED) is 0.312. The fourth-order valence-corrected chi connectivity index (χ4v) is 5.03. The fourth-order valence-electron chi connectivity index (χ4n) is 3.15. The molecule has 0 aliphatic heterocycles.